The lowest BCUT2D eigenvalue weighted by atomic mass is 9.77. The van der Waals surface area contributed by atoms with Crippen molar-refractivity contribution < 1.29 is 32.2 Å². The van der Waals surface area contributed by atoms with Gasteiger partial charge in [-0.2, -0.15) is 17.7 Å². The number of benzene rings is 2. The number of allylic oxidation sites excluding steroid dienone is 5. The molecule has 10 heteroatoms. The van der Waals surface area contributed by atoms with Crippen molar-refractivity contribution in [1.29, 1.82) is 0 Å². The molecular formula is C38H45F3N3O4+. The van der Waals surface area contributed by atoms with Gasteiger partial charge < -0.3 is 9.64 Å². The van der Waals surface area contributed by atoms with Crippen molar-refractivity contribution in [3.05, 3.63) is 98.0 Å². The largest absolute Gasteiger partial charge is 0.495 e. The van der Waals surface area contributed by atoms with Gasteiger partial charge in [-0.05, 0) is 55.9 Å². The normalized spacial score (nSPS) is 20.0. The van der Waals surface area contributed by atoms with Crippen LogP contribution < -0.4 is 4.90 Å². The fraction of sp³-hybridized carbons (Fsp3) is 0.474. The van der Waals surface area contributed by atoms with E-state index in [0.717, 1.165) is 35.9 Å². The standard InChI is InChI=1S/C38H45F3N3O4/c1-22(2)15-17-42-29-14-13-24(44(46)47)19-28(29)36(5,6)31(42)20-25-34(45)26(35(25)48-9)21-32-37(7,8)33-27(38(39,40)41)11-10-12-30(33)43(32)18-16-23(3)4/h10-14,19-23H,15-18H2,1-9H3/q+1. The summed E-state index contributed by atoms with van der Waals surface area (Å²) in [6.07, 6.45) is 0.599. The third-order valence-electron chi connectivity index (χ3n) is 9.89. The molecule has 0 saturated heterocycles. The van der Waals surface area contributed by atoms with E-state index in [1.165, 1.54) is 19.2 Å². The summed E-state index contributed by atoms with van der Waals surface area (Å²) in [4.78, 5) is 27.2. The van der Waals surface area contributed by atoms with Gasteiger partial charge in [0.2, 0.25) is 11.5 Å². The molecule has 2 aromatic rings. The number of methoxy groups -OCH3 is 1. The van der Waals surface area contributed by atoms with Gasteiger partial charge in [0.25, 0.3) is 5.69 Å². The van der Waals surface area contributed by atoms with Crippen LogP contribution in [0.25, 0.3) is 0 Å². The Morgan fingerprint density at radius 2 is 1.67 bits per heavy atom. The summed E-state index contributed by atoms with van der Waals surface area (Å²) in [7, 11) is 1.49. The Labute approximate surface area is 280 Å². The van der Waals surface area contributed by atoms with Crippen LogP contribution in [0.2, 0.25) is 0 Å². The highest BCUT2D eigenvalue weighted by Gasteiger charge is 2.50. The van der Waals surface area contributed by atoms with Gasteiger partial charge in [-0.3, -0.25) is 14.9 Å². The van der Waals surface area contributed by atoms with Crippen LogP contribution in [-0.4, -0.2) is 41.2 Å². The van der Waals surface area contributed by atoms with Crippen LogP contribution in [0.3, 0.4) is 0 Å². The highest BCUT2D eigenvalue weighted by atomic mass is 19.4. The Hall–Kier alpha value is -4.21. The summed E-state index contributed by atoms with van der Waals surface area (Å²) in [6, 6.07) is 9.17. The number of halogens is 3. The Morgan fingerprint density at radius 1 is 1.00 bits per heavy atom. The number of fused-ring (bicyclic) bond motifs is 2. The number of ketones is 1. The van der Waals surface area contributed by atoms with E-state index >= 15 is 0 Å². The van der Waals surface area contributed by atoms with Crippen LogP contribution in [0.4, 0.5) is 30.2 Å². The van der Waals surface area contributed by atoms with Crippen molar-refractivity contribution in [3.63, 3.8) is 0 Å². The fourth-order valence-electron chi connectivity index (χ4n) is 7.19. The zero-order chi connectivity index (χ0) is 35.5. The number of hydrogen-bond acceptors (Lipinski definition) is 5. The smallest absolute Gasteiger partial charge is 0.416 e. The first-order valence-electron chi connectivity index (χ1n) is 16.5. The number of anilines is 1. The Balaban J connectivity index is 1.65. The molecule has 0 radical (unpaired) electrons. The lowest BCUT2D eigenvalue weighted by molar-refractivity contribution is -0.439. The van der Waals surface area contributed by atoms with Crippen LogP contribution in [0.15, 0.2) is 71.2 Å². The minimum Gasteiger partial charge on any atom is -0.495 e. The van der Waals surface area contributed by atoms with Crippen molar-refractivity contribution in [2.75, 3.05) is 25.1 Å². The second-order valence-electron chi connectivity index (χ2n) is 14.8. The number of nitro groups is 1. The average molecular weight is 665 g/mol. The van der Waals surface area contributed by atoms with E-state index in [2.05, 4.69) is 32.3 Å². The number of ether oxygens (including phenoxy) is 1. The number of alkyl halides is 3. The molecule has 0 spiro atoms. The van der Waals surface area contributed by atoms with Crippen LogP contribution in [-0.2, 0) is 26.5 Å². The molecule has 0 unspecified atom stereocenters. The van der Waals surface area contributed by atoms with Crippen LogP contribution >= 0.6 is 0 Å². The molecule has 1 aliphatic carbocycles. The molecular weight excluding hydrogens is 619 g/mol. The summed E-state index contributed by atoms with van der Waals surface area (Å²) in [5.41, 5.74) is 2.09. The van der Waals surface area contributed by atoms with E-state index in [0.29, 0.717) is 53.2 Å². The molecule has 256 valence electrons. The highest BCUT2D eigenvalue weighted by molar-refractivity contribution is 6.24. The minimum absolute atomic E-state index is 0.00141. The second kappa shape index (κ2) is 12.3. The van der Waals surface area contributed by atoms with E-state index in [1.807, 2.05) is 24.8 Å². The van der Waals surface area contributed by atoms with Gasteiger partial charge in [-0.1, -0.05) is 47.6 Å². The fourth-order valence-corrected chi connectivity index (χ4v) is 7.19. The molecule has 2 aliphatic heterocycles. The van der Waals surface area contributed by atoms with Crippen molar-refractivity contribution in [1.82, 2.24) is 0 Å². The third-order valence-corrected chi connectivity index (χ3v) is 9.89. The highest BCUT2D eigenvalue weighted by Crippen LogP contribution is 2.53. The number of carbonyl (C=O) groups excluding carboxylic acids is 1. The number of nitro benzene ring substituents is 1. The number of nitrogens with zero attached hydrogens (tertiary/aromatic N) is 3. The molecule has 0 bridgehead atoms. The maximum atomic E-state index is 14.3. The third kappa shape index (κ3) is 5.87. The predicted octanol–water partition coefficient (Wildman–Crippen LogP) is 9.17. The molecule has 0 saturated carbocycles. The lowest BCUT2D eigenvalue weighted by Gasteiger charge is -2.30. The Bertz CT molecular complexity index is 1810. The topological polar surface area (TPSA) is 75.7 Å². The number of Topliss-reactive ketones (excluding diaryl/α,β-unsaturated/α-hetero) is 1. The van der Waals surface area contributed by atoms with Gasteiger partial charge in [0.05, 0.1) is 34.2 Å². The number of non-ortho nitro benzene ring substituents is 1. The van der Waals surface area contributed by atoms with Gasteiger partial charge in [-0.15, -0.1) is 0 Å². The summed E-state index contributed by atoms with van der Waals surface area (Å²) in [6.45, 7) is 17.1. The molecule has 48 heavy (non-hydrogen) atoms. The zero-order valence-electron chi connectivity index (χ0n) is 29.2. The van der Waals surface area contributed by atoms with Gasteiger partial charge in [0.1, 0.15) is 12.3 Å². The van der Waals surface area contributed by atoms with Crippen molar-refractivity contribution in [2.24, 2.45) is 11.8 Å². The Morgan fingerprint density at radius 3 is 2.25 bits per heavy atom. The molecule has 5 rings (SSSR count). The quantitative estimate of drug-likeness (QED) is 0.110. The van der Waals surface area contributed by atoms with Crippen molar-refractivity contribution >= 4 is 28.6 Å². The minimum atomic E-state index is -4.54. The average Bonchev–Trinajstić information content (AvgIpc) is 3.35. The summed E-state index contributed by atoms with van der Waals surface area (Å²) in [5.74, 6) is 0.819. The van der Waals surface area contributed by atoms with E-state index in [9.17, 15) is 28.1 Å². The molecule has 0 aromatic heterocycles. The summed E-state index contributed by atoms with van der Waals surface area (Å²) in [5, 5.41) is 11.7. The van der Waals surface area contributed by atoms with Crippen LogP contribution in [0.5, 0.6) is 0 Å². The lowest BCUT2D eigenvalue weighted by Crippen LogP contribution is -2.33. The van der Waals surface area contributed by atoms with Gasteiger partial charge in [-0.25, -0.2) is 0 Å². The molecule has 0 atom stereocenters. The first-order chi connectivity index (χ1) is 22.3. The number of hydrogen-bond donors (Lipinski definition) is 0. The van der Waals surface area contributed by atoms with Gasteiger partial charge in [0.15, 0.2) is 5.71 Å². The van der Waals surface area contributed by atoms with Gasteiger partial charge in [0, 0.05) is 59.6 Å². The van der Waals surface area contributed by atoms with E-state index in [1.54, 1.807) is 38.1 Å². The van der Waals surface area contributed by atoms with E-state index < -0.39 is 27.5 Å². The molecule has 2 aromatic carbocycles. The van der Waals surface area contributed by atoms with Crippen molar-refractivity contribution in [2.45, 2.75) is 85.2 Å². The van der Waals surface area contributed by atoms with Gasteiger partial charge >= 0.3 is 6.18 Å². The molecule has 0 fully saturated rings. The zero-order valence-corrected chi connectivity index (χ0v) is 29.2. The van der Waals surface area contributed by atoms with E-state index in [-0.39, 0.29) is 17.0 Å². The molecule has 0 amide bonds. The Kier molecular flexibility index (Phi) is 9.03. The van der Waals surface area contributed by atoms with E-state index in [4.69, 9.17) is 4.74 Å². The predicted molar refractivity (Wildman–Crippen MR) is 182 cm³/mol. The monoisotopic (exact) mass is 664 g/mol. The second-order valence-corrected chi connectivity index (χ2v) is 14.8. The first-order valence-corrected chi connectivity index (χ1v) is 16.5. The summed E-state index contributed by atoms with van der Waals surface area (Å²) >= 11 is 0. The molecule has 2 heterocycles. The first kappa shape index (κ1) is 35.1. The number of carbonyl (C=O) groups is 1. The van der Waals surface area contributed by atoms with Crippen molar-refractivity contribution in [3.8, 4) is 0 Å². The van der Waals surface area contributed by atoms with Crippen LogP contribution in [0.1, 0.15) is 84.9 Å². The van der Waals surface area contributed by atoms with Crippen LogP contribution in [0, 0.1) is 22.0 Å². The molecule has 0 N–H and O–H groups in total. The molecule has 3 aliphatic rings. The molecule has 7 nitrogen and oxygen atoms in total. The SMILES string of the molecule is COC1=C(/C=C2\N(CCC(C)C)c3cccc(C(F)(F)F)c3C2(C)C)C(=O)/C1=C/C1=[N+](CCC(C)C)c2ccc([N+](=O)[O-])cc2C1(C)C. The summed E-state index contributed by atoms with van der Waals surface area (Å²) < 4.78 is 50.9. The number of rotatable bonds is 10. The maximum absolute atomic E-state index is 14.3. The maximum Gasteiger partial charge on any atom is 0.416 e.